The lowest BCUT2D eigenvalue weighted by molar-refractivity contribution is 0.477. The molecule has 0 saturated heterocycles. The van der Waals surface area contributed by atoms with Gasteiger partial charge in [0.15, 0.2) is 0 Å². The second kappa shape index (κ2) is 11.6. The zero-order valence-corrected chi connectivity index (χ0v) is 37.9. The van der Waals surface area contributed by atoms with E-state index < -0.39 is 17.3 Å². The summed E-state index contributed by atoms with van der Waals surface area (Å²) < 4.78 is -1.22. The molecule has 1 aliphatic rings. The number of aryl methyl sites for hydroxylation is 1. The SMILES string of the molecule is CCc1ccc2c(C(Br)(Br)C3(Br)c4c(Br)c(Br)c(CC)c(Br)c4C(Br)(Br)C(Br)(Br)C3(Br)Br)cccc2c1. The van der Waals surface area contributed by atoms with Gasteiger partial charge in [-0.3, -0.25) is 0 Å². The third-order valence-electron chi connectivity index (χ3n) is 6.77. The first-order valence-electron chi connectivity index (χ1n) is 10.9. The summed E-state index contributed by atoms with van der Waals surface area (Å²) >= 11 is 49.0. The molecular weight excluding hydrogens is 1260 g/mol. The topological polar surface area (TPSA) is 0 Å². The molecule has 1 aliphatic carbocycles. The summed E-state index contributed by atoms with van der Waals surface area (Å²) in [7, 11) is 0. The van der Waals surface area contributed by atoms with Crippen molar-refractivity contribution in [1.29, 1.82) is 0 Å². The van der Waals surface area contributed by atoms with Gasteiger partial charge in [0, 0.05) is 19.0 Å². The van der Waals surface area contributed by atoms with Gasteiger partial charge in [0.1, 0.15) is 17.3 Å². The fraction of sp³-hybridized carbons (Fsp3) is 0.360. The Bertz CT molecular complexity index is 1410. The van der Waals surface area contributed by atoms with E-state index in [4.69, 9.17) is 0 Å². The minimum atomic E-state index is -0.881. The average molecular weight is 1280 g/mol. The molecule has 0 aliphatic heterocycles. The highest BCUT2D eigenvalue weighted by Gasteiger charge is 2.76. The van der Waals surface area contributed by atoms with Crippen molar-refractivity contribution in [1.82, 2.24) is 0 Å². The maximum absolute atomic E-state index is 4.32. The van der Waals surface area contributed by atoms with Crippen LogP contribution in [0, 0.1) is 0 Å². The van der Waals surface area contributed by atoms with E-state index >= 15 is 0 Å². The van der Waals surface area contributed by atoms with Crippen LogP contribution in [0.25, 0.3) is 10.8 Å². The lowest BCUT2D eigenvalue weighted by atomic mass is 9.77. The highest BCUT2D eigenvalue weighted by molar-refractivity contribution is 9.33. The Morgan fingerprint density at radius 2 is 1.32 bits per heavy atom. The van der Waals surface area contributed by atoms with E-state index in [-0.39, 0.29) is 0 Å². The number of alkyl halides is 9. The monoisotopic (exact) mass is 1260 g/mol. The van der Waals surface area contributed by atoms with Crippen molar-refractivity contribution in [2.75, 3.05) is 0 Å². The van der Waals surface area contributed by atoms with Crippen LogP contribution in [0.1, 0.15) is 41.7 Å². The van der Waals surface area contributed by atoms with Gasteiger partial charge in [0.25, 0.3) is 0 Å². The van der Waals surface area contributed by atoms with E-state index in [9.17, 15) is 0 Å². The van der Waals surface area contributed by atoms with E-state index in [1.54, 1.807) is 0 Å². The molecule has 0 saturated carbocycles. The lowest BCUT2D eigenvalue weighted by Gasteiger charge is -2.60. The van der Waals surface area contributed by atoms with Crippen molar-refractivity contribution in [2.45, 2.75) is 43.9 Å². The van der Waals surface area contributed by atoms with E-state index in [1.807, 2.05) is 0 Å². The highest BCUT2D eigenvalue weighted by atomic mass is 79.9. The molecule has 0 radical (unpaired) electrons. The van der Waals surface area contributed by atoms with Crippen molar-refractivity contribution in [2.24, 2.45) is 0 Å². The fourth-order valence-corrected chi connectivity index (χ4v) is 17.4. The maximum atomic E-state index is 4.32. The second-order valence-corrected chi connectivity index (χ2v) is 26.0. The number of rotatable bonds is 4. The Labute approximate surface area is 318 Å². The maximum Gasteiger partial charge on any atom is 0.136 e. The van der Waals surface area contributed by atoms with Gasteiger partial charge in [-0.15, -0.1) is 0 Å². The molecule has 37 heavy (non-hydrogen) atoms. The summed E-state index contributed by atoms with van der Waals surface area (Å²) in [6.45, 7) is 4.32. The molecule has 0 nitrogen and oxygen atoms in total. The minimum Gasteiger partial charge on any atom is -0.0746 e. The Kier molecular flexibility index (Phi) is 10.5. The van der Waals surface area contributed by atoms with Gasteiger partial charge in [-0.2, -0.15) is 0 Å². The van der Waals surface area contributed by atoms with Crippen LogP contribution < -0.4 is 0 Å². The van der Waals surface area contributed by atoms with Gasteiger partial charge in [0.2, 0.25) is 0 Å². The third-order valence-corrected chi connectivity index (χ3v) is 26.6. The largest absolute Gasteiger partial charge is 0.136 e. The molecule has 200 valence electrons. The first-order chi connectivity index (χ1) is 16.9. The molecule has 12 heteroatoms. The van der Waals surface area contributed by atoms with Crippen LogP contribution >= 0.6 is 191 Å². The first-order valence-corrected chi connectivity index (χ1v) is 20.4. The van der Waals surface area contributed by atoms with Crippen molar-refractivity contribution in [3.8, 4) is 0 Å². The first kappa shape index (κ1) is 33.6. The van der Waals surface area contributed by atoms with Gasteiger partial charge in [-0.1, -0.05) is 210 Å². The van der Waals surface area contributed by atoms with Crippen molar-refractivity contribution in [3.63, 3.8) is 0 Å². The lowest BCUT2D eigenvalue weighted by Crippen LogP contribution is -2.64. The summed E-state index contributed by atoms with van der Waals surface area (Å²) in [6.07, 6.45) is 1.82. The summed E-state index contributed by atoms with van der Waals surface area (Å²) in [5, 5.41) is 2.33. The predicted molar refractivity (Wildman–Crippen MR) is 203 cm³/mol. The number of hydrogen-bond donors (Lipinski definition) is 0. The van der Waals surface area contributed by atoms with Gasteiger partial charge in [-0.25, -0.2) is 0 Å². The Balaban J connectivity index is 2.21. The zero-order valence-electron chi connectivity index (χ0n) is 18.9. The molecule has 0 fully saturated rings. The summed E-state index contributed by atoms with van der Waals surface area (Å²) in [5.74, 6) is 0. The number of hydrogen-bond acceptors (Lipinski definition) is 0. The summed E-state index contributed by atoms with van der Waals surface area (Å²) in [4.78, 5) is 0. The van der Waals surface area contributed by atoms with Crippen LogP contribution in [0.15, 0.2) is 49.8 Å². The average Bonchev–Trinajstić information content (AvgIpc) is 2.83. The van der Waals surface area contributed by atoms with Crippen LogP contribution in [-0.2, 0) is 23.6 Å². The molecule has 1 atom stereocenters. The van der Waals surface area contributed by atoms with E-state index in [0.717, 1.165) is 53.9 Å². The molecule has 3 aromatic rings. The Morgan fingerprint density at radius 1 is 0.703 bits per heavy atom. The Morgan fingerprint density at radius 3 is 1.89 bits per heavy atom. The van der Waals surface area contributed by atoms with Crippen molar-refractivity contribution < 1.29 is 0 Å². The molecule has 0 amide bonds. The van der Waals surface area contributed by atoms with Gasteiger partial charge in [0.05, 0.1) is 0 Å². The van der Waals surface area contributed by atoms with Crippen molar-refractivity contribution >= 4 is 202 Å². The number of benzene rings is 3. The van der Waals surface area contributed by atoms with Gasteiger partial charge < -0.3 is 0 Å². The standard InChI is InChI=1S/C25H16Br12/c1-3-11-8-9-14-12(10-11)6-5-7-15(14)22(30,31)21(29)16-17(18(26)13(4-2)19(27)20(16)28)23(32,33)25(36,37)24(21,34)35/h5-10H,3-4H2,1-2H3. The molecule has 0 N–H and O–H groups in total. The Hall–Kier alpha value is 3.68. The normalized spacial score (nSPS) is 22.2. The molecule has 1 unspecified atom stereocenters. The number of halogens is 12. The van der Waals surface area contributed by atoms with Gasteiger partial charge >= 0.3 is 0 Å². The third kappa shape index (κ3) is 4.77. The van der Waals surface area contributed by atoms with Crippen molar-refractivity contribution in [3.05, 3.63) is 77.6 Å². The summed E-state index contributed by atoms with van der Waals surface area (Å²) in [6, 6.07) is 13.1. The highest BCUT2D eigenvalue weighted by Crippen LogP contribution is 2.81. The molecule has 4 rings (SSSR count). The molecular formula is C25H16Br12. The summed E-state index contributed by atoms with van der Waals surface area (Å²) in [5.41, 5.74) is 5.57. The zero-order chi connectivity index (χ0) is 27.9. The van der Waals surface area contributed by atoms with Crippen LogP contribution in [0.3, 0.4) is 0 Å². The molecule has 0 aromatic heterocycles. The minimum absolute atomic E-state index is 0.760. The van der Waals surface area contributed by atoms with E-state index in [2.05, 4.69) is 241 Å². The molecule has 0 bridgehead atoms. The fourth-order valence-electron chi connectivity index (χ4n) is 4.73. The molecule has 0 heterocycles. The van der Waals surface area contributed by atoms with Crippen LogP contribution in [0.2, 0.25) is 0 Å². The van der Waals surface area contributed by atoms with E-state index in [1.165, 1.54) is 10.9 Å². The number of fused-ring (bicyclic) bond motifs is 2. The predicted octanol–water partition coefficient (Wildman–Crippen LogP) is 14.4. The van der Waals surface area contributed by atoms with Crippen LogP contribution in [-0.4, -0.2) is 6.47 Å². The smallest absolute Gasteiger partial charge is 0.0746 e. The van der Waals surface area contributed by atoms with Crippen LogP contribution in [0.5, 0.6) is 0 Å². The van der Waals surface area contributed by atoms with E-state index in [0.29, 0.717) is 0 Å². The van der Waals surface area contributed by atoms with Crippen LogP contribution in [0.4, 0.5) is 0 Å². The molecule has 3 aromatic carbocycles. The quantitative estimate of drug-likeness (QED) is 0.180. The van der Waals surface area contributed by atoms with Gasteiger partial charge in [-0.05, 0) is 77.7 Å². The second-order valence-electron chi connectivity index (χ2n) is 8.69. The molecule has 0 spiro atoms.